The number of fused-ring (bicyclic) bond motifs is 1. The Balaban J connectivity index is 2.45. The maximum absolute atomic E-state index is 12.3. The van der Waals surface area contributed by atoms with Crippen molar-refractivity contribution >= 4 is 16.6 Å². The molecule has 2 rings (SSSR count). The first kappa shape index (κ1) is 14.4. The summed E-state index contributed by atoms with van der Waals surface area (Å²) in [6, 6.07) is 5.97. The number of benzene rings is 1. The van der Waals surface area contributed by atoms with Crippen molar-refractivity contribution in [2.24, 2.45) is 0 Å². The molecule has 1 heterocycles. The number of ether oxygens (including phenoxy) is 1. The zero-order valence-corrected chi connectivity index (χ0v) is 11.2. The lowest BCUT2D eigenvalue weighted by Crippen LogP contribution is -2.17. The molecule has 0 atom stereocenters. The summed E-state index contributed by atoms with van der Waals surface area (Å²) in [5.41, 5.74) is 2.21. The number of pyridine rings is 1. The molecule has 0 unspecified atom stereocenters. The Labute approximate surface area is 114 Å². The smallest absolute Gasteiger partial charge is 0.406 e. The second-order valence-corrected chi connectivity index (χ2v) is 4.46. The van der Waals surface area contributed by atoms with Crippen LogP contribution in [0.15, 0.2) is 24.3 Å². The molecule has 0 bridgehead atoms. The second kappa shape index (κ2) is 5.56. The zero-order valence-electron chi connectivity index (χ0n) is 11.2. The predicted molar refractivity (Wildman–Crippen MR) is 71.9 cm³/mol. The molecule has 0 amide bonds. The lowest BCUT2D eigenvalue weighted by atomic mass is 10.1. The van der Waals surface area contributed by atoms with Crippen LogP contribution < -0.4 is 10.1 Å². The normalized spacial score (nSPS) is 11.7. The van der Waals surface area contributed by atoms with E-state index in [0.29, 0.717) is 10.9 Å². The molecule has 1 aromatic heterocycles. The molecule has 0 aliphatic heterocycles. The van der Waals surface area contributed by atoms with E-state index >= 15 is 0 Å². The molecule has 0 aliphatic carbocycles. The minimum atomic E-state index is -4.69. The first-order valence-corrected chi connectivity index (χ1v) is 6.30. The van der Waals surface area contributed by atoms with E-state index < -0.39 is 6.36 Å². The van der Waals surface area contributed by atoms with Gasteiger partial charge in [0.05, 0.1) is 5.52 Å². The Morgan fingerprint density at radius 3 is 2.65 bits per heavy atom. The Morgan fingerprint density at radius 1 is 1.25 bits per heavy atom. The van der Waals surface area contributed by atoms with Gasteiger partial charge in [0, 0.05) is 23.3 Å². The van der Waals surface area contributed by atoms with Gasteiger partial charge in [-0.3, -0.25) is 4.98 Å². The van der Waals surface area contributed by atoms with E-state index in [4.69, 9.17) is 0 Å². The van der Waals surface area contributed by atoms with E-state index in [2.05, 4.69) is 15.0 Å². The van der Waals surface area contributed by atoms with E-state index in [9.17, 15) is 13.2 Å². The molecular weight excluding hydrogens is 269 g/mol. The van der Waals surface area contributed by atoms with Crippen molar-refractivity contribution in [3.05, 3.63) is 30.0 Å². The molecule has 1 aromatic carbocycles. The molecule has 1 N–H and O–H groups in total. The van der Waals surface area contributed by atoms with E-state index in [1.807, 2.05) is 19.9 Å². The molecule has 0 aliphatic rings. The summed E-state index contributed by atoms with van der Waals surface area (Å²) in [4.78, 5) is 4.31. The highest BCUT2D eigenvalue weighted by molar-refractivity contribution is 5.92. The summed E-state index contributed by atoms with van der Waals surface area (Å²) < 4.78 is 40.7. The van der Waals surface area contributed by atoms with Gasteiger partial charge in [0.15, 0.2) is 0 Å². The number of nitrogens with zero attached hydrogens (tertiary/aromatic N) is 1. The molecule has 6 heteroatoms. The number of halogens is 3. The van der Waals surface area contributed by atoms with E-state index in [1.165, 1.54) is 18.2 Å². The number of alkyl halides is 3. The maximum atomic E-state index is 12.3. The minimum absolute atomic E-state index is 0.241. The summed E-state index contributed by atoms with van der Waals surface area (Å²) in [7, 11) is 0. The number of anilines is 1. The Bertz CT molecular complexity index is 611. The van der Waals surface area contributed by atoms with Crippen molar-refractivity contribution < 1.29 is 17.9 Å². The number of nitrogens with one attached hydrogen (secondary N) is 1. The van der Waals surface area contributed by atoms with Gasteiger partial charge in [-0.25, -0.2) is 0 Å². The van der Waals surface area contributed by atoms with E-state index in [-0.39, 0.29) is 5.75 Å². The highest BCUT2D eigenvalue weighted by atomic mass is 19.4. The van der Waals surface area contributed by atoms with E-state index in [0.717, 1.165) is 24.3 Å². The summed E-state index contributed by atoms with van der Waals surface area (Å²) >= 11 is 0. The SMILES string of the molecule is CCCNc1cc(C)nc2ccc(OC(F)(F)F)cc12. The molecule has 108 valence electrons. The van der Waals surface area contributed by atoms with Crippen LogP contribution in [0.3, 0.4) is 0 Å². The van der Waals surface area contributed by atoms with Crippen LogP contribution in [0.1, 0.15) is 19.0 Å². The zero-order chi connectivity index (χ0) is 14.8. The summed E-state index contributed by atoms with van der Waals surface area (Å²) in [5.74, 6) is -0.241. The van der Waals surface area contributed by atoms with Crippen LogP contribution in [-0.4, -0.2) is 17.9 Å². The standard InChI is InChI=1S/C14H15F3N2O/c1-3-6-18-13-7-9(2)19-12-5-4-10(8-11(12)13)20-14(15,16)17/h4-5,7-8H,3,6H2,1-2H3,(H,18,19). The quantitative estimate of drug-likeness (QED) is 0.910. The van der Waals surface area contributed by atoms with Gasteiger partial charge in [0.1, 0.15) is 5.75 Å². The predicted octanol–water partition coefficient (Wildman–Crippen LogP) is 4.26. The average molecular weight is 284 g/mol. The highest BCUT2D eigenvalue weighted by Crippen LogP contribution is 2.30. The first-order valence-electron chi connectivity index (χ1n) is 6.30. The Kier molecular flexibility index (Phi) is 4.01. The second-order valence-electron chi connectivity index (χ2n) is 4.46. The van der Waals surface area contributed by atoms with Gasteiger partial charge in [-0.1, -0.05) is 6.92 Å². The number of rotatable bonds is 4. The molecule has 0 saturated heterocycles. The largest absolute Gasteiger partial charge is 0.573 e. The summed E-state index contributed by atoms with van der Waals surface area (Å²) in [6.07, 6.45) is -3.77. The van der Waals surface area contributed by atoms with Gasteiger partial charge in [-0.05, 0) is 37.6 Å². The lowest BCUT2D eigenvalue weighted by molar-refractivity contribution is -0.274. The third-order valence-corrected chi connectivity index (χ3v) is 2.71. The fourth-order valence-corrected chi connectivity index (χ4v) is 1.94. The van der Waals surface area contributed by atoms with Gasteiger partial charge in [0.25, 0.3) is 0 Å². The van der Waals surface area contributed by atoms with Gasteiger partial charge in [0.2, 0.25) is 0 Å². The van der Waals surface area contributed by atoms with Crippen LogP contribution in [0.5, 0.6) is 5.75 Å². The van der Waals surface area contributed by atoms with Crippen LogP contribution in [0.4, 0.5) is 18.9 Å². The number of hydrogen-bond donors (Lipinski definition) is 1. The van der Waals surface area contributed by atoms with Crippen LogP contribution >= 0.6 is 0 Å². The summed E-state index contributed by atoms with van der Waals surface area (Å²) in [5, 5.41) is 3.81. The van der Waals surface area contributed by atoms with Crippen molar-refractivity contribution in [2.45, 2.75) is 26.6 Å². The molecular formula is C14H15F3N2O. The topological polar surface area (TPSA) is 34.2 Å². The highest BCUT2D eigenvalue weighted by Gasteiger charge is 2.31. The van der Waals surface area contributed by atoms with Crippen molar-refractivity contribution in [2.75, 3.05) is 11.9 Å². The minimum Gasteiger partial charge on any atom is -0.406 e. The molecule has 0 saturated carbocycles. The Hall–Kier alpha value is -1.98. The van der Waals surface area contributed by atoms with Crippen molar-refractivity contribution in [1.82, 2.24) is 4.98 Å². The molecule has 0 radical (unpaired) electrons. The molecule has 3 nitrogen and oxygen atoms in total. The van der Waals surface area contributed by atoms with Gasteiger partial charge in [-0.15, -0.1) is 13.2 Å². The molecule has 20 heavy (non-hydrogen) atoms. The summed E-state index contributed by atoms with van der Waals surface area (Å²) in [6.45, 7) is 4.60. The first-order chi connectivity index (χ1) is 9.39. The number of aryl methyl sites for hydroxylation is 1. The van der Waals surface area contributed by atoms with Crippen LogP contribution in [-0.2, 0) is 0 Å². The maximum Gasteiger partial charge on any atom is 0.573 e. The van der Waals surface area contributed by atoms with Gasteiger partial charge in [-0.2, -0.15) is 0 Å². The molecule has 0 spiro atoms. The van der Waals surface area contributed by atoms with Crippen LogP contribution in [0.25, 0.3) is 10.9 Å². The van der Waals surface area contributed by atoms with Crippen molar-refractivity contribution in [3.63, 3.8) is 0 Å². The number of hydrogen-bond acceptors (Lipinski definition) is 3. The van der Waals surface area contributed by atoms with Crippen molar-refractivity contribution in [1.29, 1.82) is 0 Å². The monoisotopic (exact) mass is 284 g/mol. The van der Waals surface area contributed by atoms with E-state index in [1.54, 1.807) is 0 Å². The lowest BCUT2D eigenvalue weighted by Gasteiger charge is -2.13. The van der Waals surface area contributed by atoms with Gasteiger partial charge >= 0.3 is 6.36 Å². The molecule has 2 aromatic rings. The Morgan fingerprint density at radius 2 is 2.00 bits per heavy atom. The number of aromatic nitrogens is 1. The average Bonchev–Trinajstić information content (AvgIpc) is 2.34. The van der Waals surface area contributed by atoms with Crippen LogP contribution in [0.2, 0.25) is 0 Å². The van der Waals surface area contributed by atoms with Gasteiger partial charge < -0.3 is 10.1 Å². The molecule has 0 fully saturated rings. The third-order valence-electron chi connectivity index (χ3n) is 2.71. The van der Waals surface area contributed by atoms with Crippen LogP contribution in [0, 0.1) is 6.92 Å². The fourth-order valence-electron chi connectivity index (χ4n) is 1.94. The third kappa shape index (κ3) is 3.53. The van der Waals surface area contributed by atoms with Crippen molar-refractivity contribution in [3.8, 4) is 5.75 Å². The fraction of sp³-hybridized carbons (Fsp3) is 0.357.